The fraction of sp³-hybridized carbons (Fsp3) is 0.286. The molecule has 3 aromatic carbocycles. The molecule has 0 amide bonds. The van der Waals surface area contributed by atoms with Gasteiger partial charge in [0.25, 0.3) is 0 Å². The van der Waals surface area contributed by atoms with Crippen LogP contribution < -0.4 is 35.4 Å². The molecule has 0 atom stereocenters. The van der Waals surface area contributed by atoms with Gasteiger partial charge in [0.15, 0.2) is 28.8 Å². The third kappa shape index (κ3) is 7.05. The number of carbonyl (C=O) groups excluding carboxylic acids is 1. The number of alkyl halides is 3. The molecule has 4 rings (SSSR count). The maximum Gasteiger partial charge on any atom is 0.416 e. The van der Waals surface area contributed by atoms with Gasteiger partial charge in [-0.3, -0.25) is 9.79 Å². The average molecular weight is 546 g/mol. The second-order valence-corrected chi connectivity index (χ2v) is 8.72. The minimum atomic E-state index is -4.43. The highest BCUT2D eigenvalue weighted by atomic mass is 19.4. The van der Waals surface area contributed by atoms with Crippen LogP contribution in [0.5, 0.6) is 17.2 Å². The van der Waals surface area contributed by atoms with Gasteiger partial charge < -0.3 is 24.8 Å². The normalized spacial score (nSPS) is 12.8. The molecule has 1 aliphatic heterocycles. The Balaban J connectivity index is 1.34. The van der Waals surface area contributed by atoms with Crippen LogP contribution in [0.25, 0.3) is 5.76 Å². The van der Waals surface area contributed by atoms with Gasteiger partial charge in [0.05, 0.1) is 38.2 Å². The van der Waals surface area contributed by atoms with E-state index in [1.807, 2.05) is 0 Å². The lowest BCUT2D eigenvalue weighted by molar-refractivity contribution is -0.137. The largest absolute Gasteiger partial charge is 0.493 e. The maximum atomic E-state index is 14.9. The van der Waals surface area contributed by atoms with Crippen molar-refractivity contribution < 1.29 is 36.6 Å². The first-order valence-electron chi connectivity index (χ1n) is 12.1. The van der Waals surface area contributed by atoms with Gasteiger partial charge in [-0.1, -0.05) is 18.2 Å². The average Bonchev–Trinajstić information content (AvgIpc) is 2.92. The molecule has 2 N–H and O–H groups in total. The van der Waals surface area contributed by atoms with Crippen molar-refractivity contribution in [1.82, 2.24) is 5.32 Å². The van der Waals surface area contributed by atoms with Crippen LogP contribution in [0.1, 0.15) is 17.5 Å². The van der Waals surface area contributed by atoms with Crippen molar-refractivity contribution in [3.8, 4) is 17.2 Å². The first kappa shape index (κ1) is 27.9. The topological polar surface area (TPSA) is 81.2 Å². The molecule has 0 saturated carbocycles. The Morgan fingerprint density at radius 1 is 0.974 bits per heavy atom. The highest BCUT2D eigenvalue weighted by Gasteiger charge is 2.30. The predicted octanol–water partition coefficient (Wildman–Crippen LogP) is 3.84. The van der Waals surface area contributed by atoms with E-state index < -0.39 is 17.6 Å². The zero-order valence-electron chi connectivity index (χ0n) is 21.3. The van der Waals surface area contributed by atoms with E-state index in [1.165, 1.54) is 32.4 Å². The molecule has 0 unspecified atom stereocenters. The Bertz CT molecular complexity index is 1470. The highest BCUT2D eigenvalue weighted by molar-refractivity contribution is 5.84. The van der Waals surface area contributed by atoms with Crippen molar-refractivity contribution in [2.75, 3.05) is 39.2 Å². The molecule has 206 valence electrons. The van der Waals surface area contributed by atoms with Gasteiger partial charge in [-0.15, -0.1) is 0 Å². The van der Waals surface area contributed by atoms with Crippen molar-refractivity contribution in [3.63, 3.8) is 0 Å². The van der Waals surface area contributed by atoms with Gasteiger partial charge in [-0.05, 0) is 29.8 Å². The Kier molecular flexibility index (Phi) is 8.70. The van der Waals surface area contributed by atoms with Gasteiger partial charge in [0.1, 0.15) is 5.76 Å². The van der Waals surface area contributed by atoms with E-state index in [4.69, 9.17) is 14.2 Å². The minimum Gasteiger partial charge on any atom is -0.493 e. The van der Waals surface area contributed by atoms with Crippen LogP contribution in [0, 0.1) is 5.82 Å². The summed E-state index contributed by atoms with van der Waals surface area (Å²) in [5.74, 6) is 0.735. The first-order valence-corrected chi connectivity index (χ1v) is 12.1. The van der Waals surface area contributed by atoms with Crippen LogP contribution >= 0.6 is 0 Å². The molecule has 1 aliphatic rings. The number of methoxy groups -OCH3 is 2. The molecule has 1 heterocycles. The molecule has 0 saturated heterocycles. The van der Waals surface area contributed by atoms with Crippen molar-refractivity contribution >= 4 is 17.2 Å². The lowest BCUT2D eigenvalue weighted by atomic mass is 10.1. The van der Waals surface area contributed by atoms with E-state index in [0.717, 1.165) is 12.1 Å². The van der Waals surface area contributed by atoms with Crippen LogP contribution in [0.2, 0.25) is 0 Å². The zero-order valence-corrected chi connectivity index (χ0v) is 21.3. The number of rotatable bonds is 11. The SMILES string of the molecule is COc1cc2c(cc1OC)=C(Oc1ccc(NCC(=O)CNCc3cccc(C(F)(F)F)c3)cc1F)CCN=2. The molecule has 0 radical (unpaired) electrons. The number of carbonyl (C=O) groups is 1. The van der Waals surface area contributed by atoms with Crippen LogP contribution in [-0.4, -0.2) is 39.6 Å². The summed E-state index contributed by atoms with van der Waals surface area (Å²) in [6.07, 6.45) is -3.95. The van der Waals surface area contributed by atoms with E-state index in [9.17, 15) is 22.4 Å². The van der Waals surface area contributed by atoms with Gasteiger partial charge in [-0.2, -0.15) is 13.2 Å². The number of Topliss-reactive ketones (excluding diaryl/α,β-unsaturated/α-hetero) is 1. The summed E-state index contributed by atoms with van der Waals surface area (Å²) in [6.45, 7) is 0.417. The van der Waals surface area contributed by atoms with E-state index in [1.54, 1.807) is 24.3 Å². The Morgan fingerprint density at radius 2 is 1.74 bits per heavy atom. The minimum absolute atomic E-state index is 0.0206. The van der Waals surface area contributed by atoms with Gasteiger partial charge in [0, 0.05) is 42.5 Å². The fourth-order valence-corrected chi connectivity index (χ4v) is 4.03. The van der Waals surface area contributed by atoms with E-state index in [0.29, 0.717) is 52.1 Å². The number of ether oxygens (including phenoxy) is 3. The van der Waals surface area contributed by atoms with Crippen LogP contribution in [0.15, 0.2) is 59.6 Å². The number of nitrogens with zero attached hydrogens (tertiary/aromatic N) is 1. The lowest BCUT2D eigenvalue weighted by Gasteiger charge is -2.16. The van der Waals surface area contributed by atoms with Crippen LogP contribution in [0.4, 0.5) is 23.2 Å². The third-order valence-electron chi connectivity index (χ3n) is 5.98. The fourth-order valence-electron chi connectivity index (χ4n) is 4.03. The van der Waals surface area contributed by atoms with Gasteiger partial charge in [-0.25, -0.2) is 4.39 Å². The number of halogens is 4. The molecule has 7 nitrogen and oxygen atoms in total. The van der Waals surface area contributed by atoms with Crippen LogP contribution in [0.3, 0.4) is 0 Å². The quantitative estimate of drug-likeness (QED) is 0.357. The van der Waals surface area contributed by atoms with Crippen LogP contribution in [-0.2, 0) is 17.5 Å². The second kappa shape index (κ2) is 12.2. The lowest BCUT2D eigenvalue weighted by Crippen LogP contribution is -2.33. The summed E-state index contributed by atoms with van der Waals surface area (Å²) < 4.78 is 69.9. The molecular formula is C28H27F4N3O4. The molecule has 39 heavy (non-hydrogen) atoms. The number of hydrogen-bond donors (Lipinski definition) is 2. The summed E-state index contributed by atoms with van der Waals surface area (Å²) in [6, 6.07) is 12.7. The maximum absolute atomic E-state index is 14.9. The molecule has 3 aromatic rings. The monoisotopic (exact) mass is 545 g/mol. The number of hydrogen-bond acceptors (Lipinski definition) is 7. The Morgan fingerprint density at radius 3 is 2.46 bits per heavy atom. The molecular weight excluding hydrogens is 518 g/mol. The number of fused-ring (bicyclic) bond motifs is 1. The number of benzene rings is 3. The van der Waals surface area contributed by atoms with Crippen molar-refractivity contribution in [3.05, 3.63) is 82.1 Å². The second-order valence-electron chi connectivity index (χ2n) is 8.72. The van der Waals surface area contributed by atoms with Gasteiger partial charge >= 0.3 is 6.18 Å². The summed E-state index contributed by atoms with van der Waals surface area (Å²) in [4.78, 5) is 16.7. The molecule has 0 bridgehead atoms. The molecule has 0 fully saturated rings. The third-order valence-corrected chi connectivity index (χ3v) is 5.98. The number of nitrogens with one attached hydrogen (secondary N) is 2. The molecule has 0 aliphatic carbocycles. The van der Waals surface area contributed by atoms with Crippen molar-refractivity contribution in [2.24, 2.45) is 4.99 Å². The first-order chi connectivity index (χ1) is 18.7. The number of ketones is 1. The summed E-state index contributed by atoms with van der Waals surface area (Å²) in [5.41, 5.74) is 0.0415. The Labute approximate surface area is 222 Å². The summed E-state index contributed by atoms with van der Waals surface area (Å²) >= 11 is 0. The zero-order chi connectivity index (χ0) is 28.0. The summed E-state index contributed by atoms with van der Waals surface area (Å²) in [5, 5.41) is 7.02. The van der Waals surface area contributed by atoms with E-state index in [2.05, 4.69) is 15.6 Å². The predicted molar refractivity (Wildman–Crippen MR) is 137 cm³/mol. The van der Waals surface area contributed by atoms with Crippen molar-refractivity contribution in [1.29, 1.82) is 0 Å². The van der Waals surface area contributed by atoms with Crippen molar-refractivity contribution in [2.45, 2.75) is 19.1 Å². The van der Waals surface area contributed by atoms with E-state index in [-0.39, 0.29) is 31.2 Å². The Hall–Kier alpha value is -4.12. The molecule has 11 heteroatoms. The molecule has 0 spiro atoms. The van der Waals surface area contributed by atoms with Gasteiger partial charge in [0.2, 0.25) is 0 Å². The van der Waals surface area contributed by atoms with E-state index >= 15 is 0 Å². The smallest absolute Gasteiger partial charge is 0.416 e. The standard InChI is InChI=1S/C28H27F4N3O4/c1-37-26-12-21-23(13-27(26)38-2)34-9-8-24(21)39-25-7-6-19(11-22(25)29)35-16-20(36)15-33-14-17-4-3-5-18(10-17)28(30,31)32/h3-7,10-13,33,35H,8-9,14-16H2,1-2H3. The highest BCUT2D eigenvalue weighted by Crippen LogP contribution is 2.29. The number of anilines is 1. The molecule has 0 aromatic heterocycles. The summed E-state index contributed by atoms with van der Waals surface area (Å²) in [7, 11) is 3.05.